The van der Waals surface area contributed by atoms with Crippen LogP contribution < -0.4 is 16.8 Å². The van der Waals surface area contributed by atoms with Gasteiger partial charge in [-0.1, -0.05) is 32.6 Å². The number of allylic oxidation sites excluding steroid dienone is 3. The third kappa shape index (κ3) is 7.55. The zero-order valence-corrected chi connectivity index (χ0v) is 25.9. The first-order valence-corrected chi connectivity index (χ1v) is 14.7. The van der Waals surface area contributed by atoms with Gasteiger partial charge in [0.2, 0.25) is 5.91 Å². The SMILES string of the molecule is C=C(N)/C(C)=C/C1=C(C)C(C[C@@H](C)NCC=O)(C(=O)O)c2ccc(C(N)=O)cc2CC1.CC.CN1C(C#N)CC2CC21. The lowest BCUT2D eigenvalue weighted by Gasteiger charge is -2.35. The number of carboxylic acid groups (broad SMARTS) is 1. The summed E-state index contributed by atoms with van der Waals surface area (Å²) in [5.41, 5.74) is 14.5. The van der Waals surface area contributed by atoms with Crippen molar-refractivity contribution in [2.24, 2.45) is 17.4 Å². The predicted octanol–water partition coefficient (Wildman–Crippen LogP) is 3.99. The molecule has 1 aromatic rings. The van der Waals surface area contributed by atoms with Gasteiger partial charge in [-0.15, -0.1) is 0 Å². The summed E-state index contributed by atoms with van der Waals surface area (Å²) >= 11 is 0. The van der Waals surface area contributed by atoms with Gasteiger partial charge < -0.3 is 26.7 Å². The van der Waals surface area contributed by atoms with Gasteiger partial charge in [0.25, 0.3) is 0 Å². The monoisotopic (exact) mass is 577 g/mol. The van der Waals surface area contributed by atoms with Gasteiger partial charge >= 0.3 is 5.97 Å². The second kappa shape index (κ2) is 14.9. The number of rotatable bonds is 9. The average molecular weight is 578 g/mol. The van der Waals surface area contributed by atoms with Crippen LogP contribution in [0.25, 0.3) is 0 Å². The van der Waals surface area contributed by atoms with E-state index in [9.17, 15) is 19.5 Å². The van der Waals surface area contributed by atoms with Crippen molar-refractivity contribution < 1.29 is 19.5 Å². The van der Waals surface area contributed by atoms with Crippen LogP contribution in [0.2, 0.25) is 0 Å². The van der Waals surface area contributed by atoms with Gasteiger partial charge in [0.15, 0.2) is 0 Å². The average Bonchev–Trinajstić information content (AvgIpc) is 3.69. The number of primary amides is 1. The van der Waals surface area contributed by atoms with Crippen LogP contribution in [0.5, 0.6) is 0 Å². The van der Waals surface area contributed by atoms with Crippen molar-refractivity contribution in [3.8, 4) is 6.07 Å². The van der Waals surface area contributed by atoms with Gasteiger partial charge in [0.1, 0.15) is 11.7 Å². The van der Waals surface area contributed by atoms with E-state index >= 15 is 0 Å². The number of aliphatic carboxylic acids is 1. The Morgan fingerprint density at radius 2 is 1.95 bits per heavy atom. The maximum atomic E-state index is 12.9. The number of carbonyl (C=O) groups is 3. The van der Waals surface area contributed by atoms with E-state index in [1.807, 2.05) is 40.7 Å². The van der Waals surface area contributed by atoms with E-state index in [1.54, 1.807) is 18.2 Å². The fourth-order valence-electron chi connectivity index (χ4n) is 6.06. The Labute approximate surface area is 250 Å². The van der Waals surface area contributed by atoms with Crippen molar-refractivity contribution in [1.29, 1.82) is 5.26 Å². The Kier molecular flexibility index (Phi) is 12.3. The molecule has 9 nitrogen and oxygen atoms in total. The van der Waals surface area contributed by atoms with Crippen molar-refractivity contribution >= 4 is 18.2 Å². The molecule has 0 bridgehead atoms. The molecule has 0 aromatic heterocycles. The van der Waals surface area contributed by atoms with Gasteiger partial charge in [-0.25, -0.2) is 0 Å². The normalized spacial score (nSPS) is 25.2. The summed E-state index contributed by atoms with van der Waals surface area (Å²) in [7, 11) is 2.06. The molecule has 5 atom stereocenters. The number of amides is 1. The number of piperidine rings is 1. The van der Waals surface area contributed by atoms with Crippen LogP contribution in [0.15, 0.2) is 53.3 Å². The molecular weight excluding hydrogens is 530 g/mol. The minimum atomic E-state index is -1.35. The van der Waals surface area contributed by atoms with Crippen molar-refractivity contribution in [3.63, 3.8) is 0 Å². The van der Waals surface area contributed by atoms with Crippen LogP contribution in [0, 0.1) is 17.2 Å². The predicted molar refractivity (Wildman–Crippen MR) is 166 cm³/mol. The first-order chi connectivity index (χ1) is 19.9. The van der Waals surface area contributed by atoms with Crippen LogP contribution in [-0.2, 0) is 21.4 Å². The minimum Gasteiger partial charge on any atom is -0.480 e. The Balaban J connectivity index is 0.000000464. The van der Waals surface area contributed by atoms with Crippen LogP contribution in [-0.4, -0.2) is 59.9 Å². The third-order valence-electron chi connectivity index (χ3n) is 8.63. The summed E-state index contributed by atoms with van der Waals surface area (Å²) in [6.45, 7) is 13.4. The summed E-state index contributed by atoms with van der Waals surface area (Å²) < 4.78 is 0. The maximum Gasteiger partial charge on any atom is 0.318 e. The van der Waals surface area contributed by atoms with E-state index in [4.69, 9.17) is 16.7 Å². The topological polar surface area (TPSA) is 163 Å². The fraction of sp³-hybridized carbons (Fsp3) is 0.515. The molecule has 1 aliphatic heterocycles. The number of nitriles is 1. The number of nitrogens with two attached hydrogens (primary N) is 2. The van der Waals surface area contributed by atoms with E-state index in [-0.39, 0.29) is 25.0 Å². The van der Waals surface area contributed by atoms with Gasteiger partial charge in [-0.2, -0.15) is 5.26 Å². The Morgan fingerprint density at radius 1 is 1.29 bits per heavy atom. The number of hydrogen-bond donors (Lipinski definition) is 4. The second-order valence-electron chi connectivity index (χ2n) is 11.2. The number of nitrogens with one attached hydrogen (secondary N) is 1. The molecule has 6 N–H and O–H groups in total. The van der Waals surface area contributed by atoms with Crippen molar-refractivity contribution in [2.45, 2.75) is 90.3 Å². The number of aldehydes is 1. The number of hydrogen-bond acceptors (Lipinski definition) is 7. The zero-order chi connectivity index (χ0) is 31.8. The lowest BCUT2D eigenvalue weighted by Crippen LogP contribution is -2.44. The number of likely N-dealkylation sites (tertiary alicyclic amines) is 1. The van der Waals surface area contributed by atoms with Crippen molar-refractivity contribution in [1.82, 2.24) is 10.2 Å². The number of aryl methyl sites for hydroxylation is 1. The molecule has 42 heavy (non-hydrogen) atoms. The maximum absolute atomic E-state index is 12.9. The Morgan fingerprint density at radius 3 is 2.43 bits per heavy atom. The molecule has 1 amide bonds. The lowest BCUT2D eigenvalue weighted by molar-refractivity contribution is -0.142. The van der Waals surface area contributed by atoms with Gasteiger partial charge in [-0.3, -0.25) is 14.5 Å². The first kappa shape index (κ1) is 34.5. The van der Waals surface area contributed by atoms with E-state index < -0.39 is 17.3 Å². The second-order valence-corrected chi connectivity index (χ2v) is 11.2. The largest absolute Gasteiger partial charge is 0.480 e. The van der Waals surface area contributed by atoms with Gasteiger partial charge in [0, 0.05) is 23.3 Å². The highest BCUT2D eigenvalue weighted by Crippen LogP contribution is 2.46. The lowest BCUT2D eigenvalue weighted by atomic mass is 9.68. The molecule has 1 saturated heterocycles. The molecule has 1 heterocycles. The molecule has 2 fully saturated rings. The summed E-state index contributed by atoms with van der Waals surface area (Å²) in [6, 6.07) is 8.00. The Bertz CT molecular complexity index is 1290. The number of carboxylic acids is 1. The van der Waals surface area contributed by atoms with Crippen LogP contribution in [0.3, 0.4) is 0 Å². The van der Waals surface area contributed by atoms with Crippen molar-refractivity contribution in [2.75, 3.05) is 13.6 Å². The standard InChI is InChI=1S/C24H31N3O4.C7H10N2.C2H6/c1-14(17(4)25)11-18-5-6-19-12-20(22(26)29)7-8-21(19)24(16(18)3,23(30)31)13-15(2)27-9-10-28;1-9-6(4-8)2-5-3-7(5)9;1-2/h7-8,10-12,15,27H,4-6,9,13,25H2,1-3H3,(H2,26,29)(H,30,31);5-7H,2-3H2,1H3;1-2H3/b14-11+;;/t15-,24?;;/m1../s1. The highest BCUT2D eigenvalue weighted by molar-refractivity contribution is 5.94. The molecule has 4 rings (SSSR count). The summed E-state index contributed by atoms with van der Waals surface area (Å²) in [5, 5.41) is 22.2. The summed E-state index contributed by atoms with van der Waals surface area (Å²) in [5.74, 6) is -0.677. The van der Waals surface area contributed by atoms with E-state index in [1.165, 1.54) is 6.42 Å². The molecule has 4 unspecified atom stereocenters. The molecule has 1 saturated carbocycles. The van der Waals surface area contributed by atoms with E-state index in [0.29, 0.717) is 35.2 Å². The molecule has 228 valence electrons. The first-order valence-electron chi connectivity index (χ1n) is 14.7. The number of nitrogens with zero attached hydrogens (tertiary/aromatic N) is 2. The van der Waals surface area contributed by atoms with Gasteiger partial charge in [-0.05, 0) is 106 Å². The number of benzene rings is 1. The highest BCUT2D eigenvalue weighted by Gasteiger charge is 2.50. The Hall–Kier alpha value is -3.74. The quantitative estimate of drug-likeness (QED) is 0.253. The van der Waals surface area contributed by atoms with Gasteiger partial charge in [0.05, 0.1) is 18.7 Å². The molecule has 9 heteroatoms. The molecule has 1 aromatic carbocycles. The van der Waals surface area contributed by atoms with Crippen molar-refractivity contribution in [3.05, 3.63) is 70.0 Å². The van der Waals surface area contributed by atoms with Crippen LogP contribution in [0.1, 0.15) is 81.8 Å². The highest BCUT2D eigenvalue weighted by atomic mass is 16.4. The van der Waals surface area contributed by atoms with Crippen LogP contribution >= 0.6 is 0 Å². The third-order valence-corrected chi connectivity index (χ3v) is 8.63. The molecule has 0 radical (unpaired) electrons. The molecule has 0 spiro atoms. The molecule has 3 aliphatic rings. The number of fused-ring (bicyclic) bond motifs is 2. The summed E-state index contributed by atoms with van der Waals surface area (Å²) in [4.78, 5) is 37.7. The van der Waals surface area contributed by atoms with E-state index in [2.05, 4.69) is 29.9 Å². The van der Waals surface area contributed by atoms with Crippen LogP contribution in [0.4, 0.5) is 0 Å². The fourth-order valence-corrected chi connectivity index (χ4v) is 6.06. The summed E-state index contributed by atoms with van der Waals surface area (Å²) in [6.07, 6.45) is 6.46. The molecular formula is C33H47N5O4. The zero-order valence-electron chi connectivity index (χ0n) is 25.9. The minimum absolute atomic E-state index is 0.131. The smallest absolute Gasteiger partial charge is 0.318 e. The molecule has 2 aliphatic carbocycles. The number of carbonyl (C=O) groups excluding carboxylic acids is 2. The van der Waals surface area contributed by atoms with E-state index in [0.717, 1.165) is 41.4 Å².